The van der Waals surface area contributed by atoms with Crippen LogP contribution in [0, 0.1) is 0 Å². The fraction of sp³-hybridized carbons (Fsp3) is 0.350. The molecule has 0 unspecified atom stereocenters. The van der Waals surface area contributed by atoms with Gasteiger partial charge in [0.25, 0.3) is 0 Å². The van der Waals surface area contributed by atoms with E-state index in [1.165, 1.54) is 0 Å². The van der Waals surface area contributed by atoms with Gasteiger partial charge in [-0.05, 0) is 5.56 Å². The van der Waals surface area contributed by atoms with Gasteiger partial charge < -0.3 is 19.7 Å². The summed E-state index contributed by atoms with van der Waals surface area (Å²) in [6.45, 7) is 5.21. The predicted octanol–water partition coefficient (Wildman–Crippen LogP) is 1.96. The van der Waals surface area contributed by atoms with Crippen molar-refractivity contribution in [1.82, 2.24) is 30.2 Å². The molecule has 4 rings (SSSR count). The first-order chi connectivity index (χ1) is 13.8. The number of hydrogen-bond acceptors (Lipinski definition) is 5. The summed E-state index contributed by atoms with van der Waals surface area (Å²) in [6.07, 6.45) is 3.49. The first-order valence-corrected chi connectivity index (χ1v) is 9.48. The second-order valence-electron chi connectivity index (χ2n) is 6.76. The highest BCUT2D eigenvalue weighted by Gasteiger charge is 2.20. The van der Waals surface area contributed by atoms with Crippen molar-refractivity contribution in [3.8, 4) is 11.3 Å². The van der Waals surface area contributed by atoms with Crippen LogP contribution >= 0.6 is 0 Å². The van der Waals surface area contributed by atoms with E-state index < -0.39 is 0 Å². The second-order valence-corrected chi connectivity index (χ2v) is 6.76. The van der Waals surface area contributed by atoms with Gasteiger partial charge in [-0.3, -0.25) is 9.89 Å². The van der Waals surface area contributed by atoms with Crippen molar-refractivity contribution in [3.05, 3.63) is 60.4 Å². The number of guanidine groups is 1. The number of nitrogens with zero attached hydrogens (tertiary/aromatic N) is 5. The lowest BCUT2D eigenvalue weighted by atomic mass is 10.2. The highest BCUT2D eigenvalue weighted by molar-refractivity contribution is 5.79. The molecule has 1 aromatic carbocycles. The fourth-order valence-electron chi connectivity index (χ4n) is 3.38. The highest BCUT2D eigenvalue weighted by atomic mass is 16.5. The minimum atomic E-state index is 0.610. The Balaban J connectivity index is 1.28. The third-order valence-electron chi connectivity index (χ3n) is 4.89. The lowest BCUT2D eigenvalue weighted by molar-refractivity contribution is 0.169. The molecule has 8 heteroatoms. The molecule has 3 heterocycles. The average molecular weight is 379 g/mol. The van der Waals surface area contributed by atoms with Crippen molar-refractivity contribution in [2.45, 2.75) is 13.1 Å². The number of aromatic nitrogens is 3. The molecule has 0 saturated carbocycles. The Morgan fingerprint density at radius 3 is 2.71 bits per heavy atom. The van der Waals surface area contributed by atoms with E-state index in [0.29, 0.717) is 6.54 Å². The topological polar surface area (TPSA) is 85.6 Å². The molecular formula is C20H25N7O. The van der Waals surface area contributed by atoms with Crippen LogP contribution in [0.15, 0.2) is 58.4 Å². The number of benzene rings is 1. The molecule has 0 radical (unpaired) electrons. The SMILES string of the molecule is CN=C(NCc1ncc(-c2ccccc2)[nH]1)N1CCN(Cc2ccon2)CC1. The molecule has 1 aliphatic rings. The van der Waals surface area contributed by atoms with Crippen LogP contribution in [0.3, 0.4) is 0 Å². The quantitative estimate of drug-likeness (QED) is 0.521. The molecule has 1 fully saturated rings. The molecular weight excluding hydrogens is 354 g/mol. The summed E-state index contributed by atoms with van der Waals surface area (Å²) in [5, 5.41) is 7.41. The van der Waals surface area contributed by atoms with Gasteiger partial charge in [0.05, 0.1) is 24.1 Å². The third-order valence-corrected chi connectivity index (χ3v) is 4.89. The van der Waals surface area contributed by atoms with Crippen LogP contribution in [0.25, 0.3) is 11.3 Å². The zero-order valence-corrected chi connectivity index (χ0v) is 16.0. The van der Waals surface area contributed by atoms with Crippen LogP contribution in [0.1, 0.15) is 11.5 Å². The minimum Gasteiger partial charge on any atom is -0.364 e. The summed E-state index contributed by atoms with van der Waals surface area (Å²) in [6, 6.07) is 12.1. The summed E-state index contributed by atoms with van der Waals surface area (Å²) in [7, 11) is 1.82. The van der Waals surface area contributed by atoms with Gasteiger partial charge in [-0.25, -0.2) is 4.98 Å². The molecule has 2 aromatic heterocycles. The van der Waals surface area contributed by atoms with E-state index in [1.54, 1.807) is 6.26 Å². The number of imidazole rings is 1. The van der Waals surface area contributed by atoms with Crippen molar-refractivity contribution in [2.24, 2.45) is 4.99 Å². The van der Waals surface area contributed by atoms with Crippen molar-refractivity contribution in [1.29, 1.82) is 0 Å². The van der Waals surface area contributed by atoms with Gasteiger partial charge in [-0.2, -0.15) is 0 Å². The Hall–Kier alpha value is -3.13. The van der Waals surface area contributed by atoms with Gasteiger partial charge in [0.1, 0.15) is 12.1 Å². The van der Waals surface area contributed by atoms with Crippen LogP contribution in [0.2, 0.25) is 0 Å². The van der Waals surface area contributed by atoms with E-state index in [4.69, 9.17) is 4.52 Å². The Morgan fingerprint density at radius 1 is 1.18 bits per heavy atom. The van der Waals surface area contributed by atoms with Crippen LogP contribution < -0.4 is 5.32 Å². The van der Waals surface area contributed by atoms with E-state index in [0.717, 1.165) is 61.5 Å². The monoisotopic (exact) mass is 379 g/mol. The van der Waals surface area contributed by atoms with Crippen molar-refractivity contribution >= 4 is 5.96 Å². The first-order valence-electron chi connectivity index (χ1n) is 9.48. The maximum atomic E-state index is 4.91. The molecule has 3 aromatic rings. The Labute approximate surface area is 164 Å². The van der Waals surface area contributed by atoms with Gasteiger partial charge in [-0.1, -0.05) is 35.5 Å². The van der Waals surface area contributed by atoms with Crippen LogP contribution in [0.4, 0.5) is 0 Å². The molecule has 8 nitrogen and oxygen atoms in total. The summed E-state index contributed by atoms with van der Waals surface area (Å²) in [5.41, 5.74) is 3.13. The van der Waals surface area contributed by atoms with E-state index in [9.17, 15) is 0 Å². The van der Waals surface area contributed by atoms with E-state index >= 15 is 0 Å². The number of nitrogens with one attached hydrogen (secondary N) is 2. The molecule has 0 aliphatic carbocycles. The molecule has 1 aliphatic heterocycles. The third kappa shape index (κ3) is 4.40. The van der Waals surface area contributed by atoms with E-state index in [-0.39, 0.29) is 0 Å². The molecule has 0 atom stereocenters. The summed E-state index contributed by atoms with van der Waals surface area (Å²) in [5.74, 6) is 1.79. The summed E-state index contributed by atoms with van der Waals surface area (Å²) in [4.78, 5) is 16.9. The van der Waals surface area contributed by atoms with Crippen molar-refractivity contribution < 1.29 is 4.52 Å². The maximum Gasteiger partial charge on any atom is 0.194 e. The van der Waals surface area contributed by atoms with E-state index in [2.05, 4.69) is 47.4 Å². The highest BCUT2D eigenvalue weighted by Crippen LogP contribution is 2.16. The Kier molecular flexibility index (Phi) is 5.67. The van der Waals surface area contributed by atoms with Crippen molar-refractivity contribution in [2.75, 3.05) is 33.2 Å². The number of H-pyrrole nitrogens is 1. The van der Waals surface area contributed by atoms with Gasteiger partial charge >= 0.3 is 0 Å². The van der Waals surface area contributed by atoms with Gasteiger partial charge in [0.15, 0.2) is 5.96 Å². The number of aromatic amines is 1. The average Bonchev–Trinajstić information content (AvgIpc) is 3.42. The number of piperazine rings is 1. The van der Waals surface area contributed by atoms with Gasteiger partial charge in [-0.15, -0.1) is 0 Å². The lowest BCUT2D eigenvalue weighted by Gasteiger charge is -2.36. The van der Waals surface area contributed by atoms with Crippen LogP contribution in [-0.4, -0.2) is 64.1 Å². The van der Waals surface area contributed by atoms with E-state index in [1.807, 2.05) is 37.5 Å². The molecule has 146 valence electrons. The fourth-order valence-corrected chi connectivity index (χ4v) is 3.38. The predicted molar refractivity (Wildman–Crippen MR) is 108 cm³/mol. The molecule has 0 bridgehead atoms. The molecule has 28 heavy (non-hydrogen) atoms. The van der Waals surface area contributed by atoms with Crippen LogP contribution in [-0.2, 0) is 13.1 Å². The van der Waals surface area contributed by atoms with Gasteiger partial charge in [0, 0.05) is 45.8 Å². The standard InChI is InChI=1S/C20H25N7O/c1-21-20(27-10-8-26(9-11-27)15-17-7-12-28-25-17)23-14-19-22-13-18(24-19)16-5-3-2-4-6-16/h2-7,12-13H,8-11,14-15H2,1H3,(H,21,23)(H,22,24). The smallest absolute Gasteiger partial charge is 0.194 e. The summed E-state index contributed by atoms with van der Waals surface area (Å²) >= 11 is 0. The maximum absolute atomic E-state index is 4.91. The van der Waals surface area contributed by atoms with Crippen molar-refractivity contribution in [3.63, 3.8) is 0 Å². The Bertz CT molecular complexity index is 880. The second kappa shape index (κ2) is 8.71. The number of aliphatic imine (C=N–C) groups is 1. The summed E-state index contributed by atoms with van der Waals surface area (Å²) < 4.78 is 4.91. The minimum absolute atomic E-state index is 0.610. The molecule has 0 spiro atoms. The van der Waals surface area contributed by atoms with Crippen LogP contribution in [0.5, 0.6) is 0 Å². The normalized spacial score (nSPS) is 15.8. The number of hydrogen-bond donors (Lipinski definition) is 2. The number of rotatable bonds is 5. The largest absolute Gasteiger partial charge is 0.364 e. The zero-order valence-electron chi connectivity index (χ0n) is 16.0. The lowest BCUT2D eigenvalue weighted by Crippen LogP contribution is -2.52. The first kappa shape index (κ1) is 18.2. The zero-order chi connectivity index (χ0) is 19.2. The Morgan fingerprint density at radius 2 is 2.00 bits per heavy atom. The molecule has 0 amide bonds. The molecule has 2 N–H and O–H groups in total. The molecule has 1 saturated heterocycles. The van der Waals surface area contributed by atoms with Gasteiger partial charge in [0.2, 0.25) is 0 Å².